The van der Waals surface area contributed by atoms with Gasteiger partial charge in [-0.05, 0) is 55.7 Å². The van der Waals surface area contributed by atoms with Crippen molar-refractivity contribution >= 4 is 33.1 Å². The third kappa shape index (κ3) is 3.61. The van der Waals surface area contributed by atoms with E-state index in [0.29, 0.717) is 12.2 Å². The van der Waals surface area contributed by atoms with Gasteiger partial charge in [0.25, 0.3) is 5.56 Å². The van der Waals surface area contributed by atoms with Gasteiger partial charge >= 0.3 is 0 Å². The summed E-state index contributed by atoms with van der Waals surface area (Å²) >= 11 is 1.64. The predicted octanol–water partition coefficient (Wildman–Crippen LogP) is 4.31. The monoisotopic (exact) mass is 395 g/mol. The van der Waals surface area contributed by atoms with E-state index in [1.54, 1.807) is 11.3 Å². The number of amides is 1. The van der Waals surface area contributed by atoms with Crippen LogP contribution in [0.4, 0.5) is 5.69 Å². The van der Waals surface area contributed by atoms with Crippen LogP contribution in [0.3, 0.4) is 0 Å². The number of fused-ring (bicyclic) bond motifs is 3. The first-order valence-electron chi connectivity index (χ1n) is 9.98. The summed E-state index contributed by atoms with van der Waals surface area (Å²) in [6, 6.07) is 6.04. The summed E-state index contributed by atoms with van der Waals surface area (Å²) in [6.07, 6.45) is 5.92. The van der Waals surface area contributed by atoms with Gasteiger partial charge in [0.05, 0.1) is 5.39 Å². The molecule has 2 heterocycles. The van der Waals surface area contributed by atoms with Gasteiger partial charge in [-0.15, -0.1) is 11.3 Å². The van der Waals surface area contributed by atoms with Crippen LogP contribution in [0.5, 0.6) is 0 Å². The highest BCUT2D eigenvalue weighted by molar-refractivity contribution is 7.18. The first-order valence-corrected chi connectivity index (χ1v) is 10.8. The van der Waals surface area contributed by atoms with Crippen LogP contribution in [0.2, 0.25) is 0 Å². The van der Waals surface area contributed by atoms with Crippen molar-refractivity contribution in [2.45, 2.75) is 58.8 Å². The number of aromatic nitrogens is 2. The molecule has 2 N–H and O–H groups in total. The molecule has 0 unspecified atom stereocenters. The SMILES string of the molecule is CCc1cccc(C)c1NC(=O)CCc1nc2sc3c(c2c(=O)[nH]1)CCCC3. The van der Waals surface area contributed by atoms with Crippen molar-refractivity contribution in [3.63, 3.8) is 0 Å². The molecule has 1 aliphatic rings. The fraction of sp³-hybridized carbons (Fsp3) is 0.409. The molecule has 0 saturated carbocycles. The Kier molecular flexibility index (Phi) is 5.31. The molecular weight excluding hydrogens is 370 g/mol. The summed E-state index contributed by atoms with van der Waals surface area (Å²) in [5, 5.41) is 3.80. The lowest BCUT2D eigenvalue weighted by atomic mass is 9.97. The first-order chi connectivity index (χ1) is 13.6. The number of benzene rings is 1. The lowest BCUT2D eigenvalue weighted by Gasteiger charge is -2.12. The van der Waals surface area contributed by atoms with Gasteiger partial charge in [-0.1, -0.05) is 25.1 Å². The molecule has 1 aliphatic carbocycles. The van der Waals surface area contributed by atoms with Crippen LogP contribution in [0.1, 0.15) is 53.6 Å². The largest absolute Gasteiger partial charge is 0.326 e. The molecule has 0 radical (unpaired) electrons. The number of thiophene rings is 1. The van der Waals surface area contributed by atoms with Crippen molar-refractivity contribution in [1.82, 2.24) is 9.97 Å². The lowest BCUT2D eigenvalue weighted by Crippen LogP contribution is -2.17. The Morgan fingerprint density at radius 2 is 2.11 bits per heavy atom. The number of hydrogen-bond acceptors (Lipinski definition) is 4. The highest BCUT2D eigenvalue weighted by atomic mass is 32.1. The van der Waals surface area contributed by atoms with E-state index in [-0.39, 0.29) is 17.9 Å². The molecule has 4 rings (SSSR count). The summed E-state index contributed by atoms with van der Waals surface area (Å²) in [6.45, 7) is 4.08. The summed E-state index contributed by atoms with van der Waals surface area (Å²) in [5.74, 6) is 0.531. The van der Waals surface area contributed by atoms with Crippen molar-refractivity contribution < 1.29 is 4.79 Å². The van der Waals surface area contributed by atoms with E-state index >= 15 is 0 Å². The Morgan fingerprint density at radius 3 is 2.93 bits per heavy atom. The van der Waals surface area contributed by atoms with Gasteiger partial charge in [0, 0.05) is 23.4 Å². The molecule has 28 heavy (non-hydrogen) atoms. The zero-order chi connectivity index (χ0) is 19.7. The van der Waals surface area contributed by atoms with Crippen molar-refractivity contribution in [3.05, 3.63) is 55.9 Å². The van der Waals surface area contributed by atoms with Crippen LogP contribution >= 0.6 is 11.3 Å². The normalized spacial score (nSPS) is 13.5. The van der Waals surface area contributed by atoms with Crippen LogP contribution in [0, 0.1) is 6.92 Å². The van der Waals surface area contributed by atoms with Crippen molar-refractivity contribution in [1.29, 1.82) is 0 Å². The number of hydrogen-bond donors (Lipinski definition) is 2. The zero-order valence-electron chi connectivity index (χ0n) is 16.4. The van der Waals surface area contributed by atoms with E-state index in [2.05, 4.69) is 22.2 Å². The third-order valence-corrected chi connectivity index (χ3v) is 6.65. The van der Waals surface area contributed by atoms with Gasteiger partial charge in [0.15, 0.2) is 0 Å². The topological polar surface area (TPSA) is 74.8 Å². The van der Waals surface area contributed by atoms with E-state index in [9.17, 15) is 9.59 Å². The van der Waals surface area contributed by atoms with E-state index in [0.717, 1.165) is 52.7 Å². The molecule has 6 heteroatoms. The van der Waals surface area contributed by atoms with Crippen LogP contribution in [-0.2, 0) is 30.5 Å². The first kappa shape index (κ1) is 18.9. The molecule has 2 aromatic heterocycles. The summed E-state index contributed by atoms with van der Waals surface area (Å²) < 4.78 is 0. The average molecular weight is 396 g/mol. The number of carbonyl (C=O) groups is 1. The molecule has 0 spiro atoms. The molecule has 0 bridgehead atoms. The van der Waals surface area contributed by atoms with Crippen molar-refractivity contribution in [3.8, 4) is 0 Å². The molecule has 0 saturated heterocycles. The van der Waals surface area contributed by atoms with Crippen molar-refractivity contribution in [2.75, 3.05) is 5.32 Å². The lowest BCUT2D eigenvalue weighted by molar-refractivity contribution is -0.116. The summed E-state index contributed by atoms with van der Waals surface area (Å²) in [7, 11) is 0. The van der Waals surface area contributed by atoms with Gasteiger partial charge in [-0.3, -0.25) is 9.59 Å². The number of nitrogens with one attached hydrogen (secondary N) is 2. The van der Waals surface area contributed by atoms with Crippen LogP contribution in [0.25, 0.3) is 10.2 Å². The maximum absolute atomic E-state index is 12.6. The fourth-order valence-corrected chi connectivity index (χ4v) is 5.24. The minimum Gasteiger partial charge on any atom is -0.326 e. The number of anilines is 1. The predicted molar refractivity (Wildman–Crippen MR) is 114 cm³/mol. The fourth-order valence-electron chi connectivity index (χ4n) is 3.96. The molecule has 1 amide bonds. The Bertz CT molecular complexity index is 1100. The number of rotatable bonds is 5. The minimum absolute atomic E-state index is 0.0581. The average Bonchev–Trinajstić information content (AvgIpc) is 3.06. The second kappa shape index (κ2) is 7.87. The molecule has 1 aromatic carbocycles. The van der Waals surface area contributed by atoms with E-state index < -0.39 is 0 Å². The summed E-state index contributed by atoms with van der Waals surface area (Å²) in [4.78, 5) is 34.8. The molecular formula is C22H25N3O2S. The highest BCUT2D eigenvalue weighted by Gasteiger charge is 2.20. The zero-order valence-corrected chi connectivity index (χ0v) is 17.2. The molecule has 146 valence electrons. The van der Waals surface area contributed by atoms with Gasteiger partial charge in [0.2, 0.25) is 5.91 Å². The minimum atomic E-state index is -0.0630. The number of aromatic amines is 1. The Balaban J connectivity index is 1.50. The molecule has 0 atom stereocenters. The Hall–Kier alpha value is -2.47. The van der Waals surface area contributed by atoms with Gasteiger partial charge < -0.3 is 10.3 Å². The molecule has 0 fully saturated rings. The van der Waals surface area contributed by atoms with Gasteiger partial charge in [0.1, 0.15) is 10.7 Å². The van der Waals surface area contributed by atoms with E-state index in [4.69, 9.17) is 0 Å². The quantitative estimate of drug-likeness (QED) is 0.676. The number of aryl methyl sites for hydroxylation is 5. The molecule has 5 nitrogen and oxygen atoms in total. The van der Waals surface area contributed by atoms with Crippen LogP contribution < -0.4 is 10.9 Å². The maximum Gasteiger partial charge on any atom is 0.259 e. The number of carbonyl (C=O) groups excluding carboxylic acids is 1. The number of H-pyrrole nitrogens is 1. The third-order valence-electron chi connectivity index (χ3n) is 5.47. The smallest absolute Gasteiger partial charge is 0.259 e. The summed E-state index contributed by atoms with van der Waals surface area (Å²) in [5.41, 5.74) is 4.22. The maximum atomic E-state index is 12.6. The number of nitrogens with zero attached hydrogens (tertiary/aromatic N) is 1. The molecule has 0 aliphatic heterocycles. The Morgan fingerprint density at radius 1 is 1.29 bits per heavy atom. The van der Waals surface area contributed by atoms with Gasteiger partial charge in [-0.25, -0.2) is 4.98 Å². The highest BCUT2D eigenvalue weighted by Crippen LogP contribution is 2.33. The van der Waals surface area contributed by atoms with Crippen molar-refractivity contribution in [2.24, 2.45) is 0 Å². The Labute approximate surface area is 168 Å². The molecule has 3 aromatic rings. The second-order valence-electron chi connectivity index (χ2n) is 7.41. The van der Waals surface area contributed by atoms with E-state index in [1.165, 1.54) is 16.9 Å². The van der Waals surface area contributed by atoms with Crippen LogP contribution in [-0.4, -0.2) is 15.9 Å². The van der Waals surface area contributed by atoms with Gasteiger partial charge in [-0.2, -0.15) is 0 Å². The van der Waals surface area contributed by atoms with Crippen LogP contribution in [0.15, 0.2) is 23.0 Å². The second-order valence-corrected chi connectivity index (χ2v) is 8.50. The van der Waals surface area contributed by atoms with E-state index in [1.807, 2.05) is 25.1 Å². The standard InChI is InChI=1S/C22H25N3O2S/c1-3-14-8-6-7-13(2)20(14)25-18(26)12-11-17-23-21(27)19-15-9-4-5-10-16(15)28-22(19)24-17/h6-8H,3-5,9-12H2,1-2H3,(H,25,26)(H,23,24,27). The number of para-hydroxylation sites is 1.